The Morgan fingerprint density at radius 2 is 1.32 bits per heavy atom. The third-order valence-electron chi connectivity index (χ3n) is 5.68. The largest absolute Gasteiger partial charge is 0.493 e. The van der Waals surface area contributed by atoms with Crippen molar-refractivity contribution in [3.8, 4) is 5.75 Å². The van der Waals surface area contributed by atoms with Crippen molar-refractivity contribution >= 4 is 17.6 Å². The highest BCUT2D eigenvalue weighted by Crippen LogP contribution is 2.22. The molecule has 0 unspecified atom stereocenters. The molecule has 0 amide bonds. The number of benzene rings is 1. The lowest BCUT2D eigenvalue weighted by atomic mass is 10.0. The van der Waals surface area contributed by atoms with E-state index in [4.69, 9.17) is 21.1 Å². The van der Waals surface area contributed by atoms with E-state index in [2.05, 4.69) is 6.92 Å². The van der Waals surface area contributed by atoms with Crippen LogP contribution in [-0.2, 0) is 9.53 Å². The van der Waals surface area contributed by atoms with Crippen LogP contribution in [0.3, 0.4) is 0 Å². The summed E-state index contributed by atoms with van der Waals surface area (Å²) in [4.78, 5) is 11.8. The van der Waals surface area contributed by atoms with Gasteiger partial charge >= 0.3 is 5.97 Å². The number of carbonyl (C=O) groups is 1. The van der Waals surface area contributed by atoms with E-state index in [-0.39, 0.29) is 5.97 Å². The van der Waals surface area contributed by atoms with Crippen molar-refractivity contribution in [2.75, 3.05) is 13.2 Å². The van der Waals surface area contributed by atoms with Crippen LogP contribution in [0, 0.1) is 6.92 Å². The lowest BCUT2D eigenvalue weighted by molar-refractivity contribution is -0.144. The summed E-state index contributed by atoms with van der Waals surface area (Å²) in [6.45, 7) is 5.30. The first kappa shape index (κ1) is 27.8. The second-order valence-electron chi connectivity index (χ2n) is 8.68. The highest BCUT2D eigenvalue weighted by Gasteiger charge is 2.04. The summed E-state index contributed by atoms with van der Waals surface area (Å²) >= 11 is 5.94. The second-order valence-corrected chi connectivity index (χ2v) is 9.11. The van der Waals surface area contributed by atoms with Crippen LogP contribution in [0.1, 0.15) is 115 Å². The summed E-state index contributed by atoms with van der Waals surface area (Å²) in [5, 5.41) is 0.705. The van der Waals surface area contributed by atoms with Gasteiger partial charge in [0.1, 0.15) is 5.75 Å². The number of ether oxygens (including phenoxy) is 2. The SMILES string of the molecule is CCCCCCCCCCCCCCCCOC(=O)CCCOc1ccc(Cl)cc1C. The smallest absolute Gasteiger partial charge is 0.305 e. The third kappa shape index (κ3) is 16.1. The lowest BCUT2D eigenvalue weighted by Crippen LogP contribution is -2.08. The molecule has 0 heterocycles. The zero-order valence-corrected chi connectivity index (χ0v) is 20.8. The van der Waals surface area contributed by atoms with Gasteiger partial charge in [0.2, 0.25) is 0 Å². The second kappa shape index (κ2) is 19.5. The van der Waals surface area contributed by atoms with Crippen LogP contribution in [0.25, 0.3) is 0 Å². The van der Waals surface area contributed by atoms with E-state index in [0.717, 1.165) is 24.2 Å². The fraction of sp³-hybridized carbons (Fsp3) is 0.741. The predicted molar refractivity (Wildman–Crippen MR) is 132 cm³/mol. The van der Waals surface area contributed by atoms with E-state index in [0.29, 0.717) is 31.1 Å². The van der Waals surface area contributed by atoms with Crippen LogP contribution in [0.5, 0.6) is 5.75 Å². The van der Waals surface area contributed by atoms with Crippen LogP contribution in [-0.4, -0.2) is 19.2 Å². The van der Waals surface area contributed by atoms with Gasteiger partial charge in [0, 0.05) is 11.4 Å². The van der Waals surface area contributed by atoms with Gasteiger partial charge in [0.15, 0.2) is 0 Å². The van der Waals surface area contributed by atoms with Gasteiger partial charge in [-0.3, -0.25) is 4.79 Å². The number of hydrogen-bond acceptors (Lipinski definition) is 3. The monoisotopic (exact) mass is 452 g/mol. The summed E-state index contributed by atoms with van der Waals surface area (Å²) in [7, 11) is 0. The predicted octanol–water partition coefficient (Wildman–Crippen LogP) is 8.83. The average molecular weight is 453 g/mol. The van der Waals surface area contributed by atoms with E-state index in [1.165, 1.54) is 77.0 Å². The zero-order chi connectivity index (χ0) is 22.6. The molecule has 0 saturated carbocycles. The maximum absolute atomic E-state index is 11.8. The molecule has 0 atom stereocenters. The van der Waals surface area contributed by atoms with Gasteiger partial charge in [0.05, 0.1) is 13.2 Å². The van der Waals surface area contributed by atoms with Crippen LogP contribution < -0.4 is 4.74 Å². The topological polar surface area (TPSA) is 35.5 Å². The van der Waals surface area contributed by atoms with Crippen molar-refractivity contribution in [3.63, 3.8) is 0 Å². The minimum Gasteiger partial charge on any atom is -0.493 e. The molecule has 0 spiro atoms. The number of halogens is 1. The molecule has 0 saturated heterocycles. The molecule has 1 aromatic carbocycles. The van der Waals surface area contributed by atoms with Gasteiger partial charge in [-0.05, 0) is 43.5 Å². The summed E-state index contributed by atoms with van der Waals surface area (Å²) in [5.41, 5.74) is 1.01. The fourth-order valence-electron chi connectivity index (χ4n) is 3.73. The molecule has 0 bridgehead atoms. The highest BCUT2D eigenvalue weighted by molar-refractivity contribution is 6.30. The van der Waals surface area contributed by atoms with Crippen LogP contribution in [0.4, 0.5) is 0 Å². The van der Waals surface area contributed by atoms with E-state index in [9.17, 15) is 4.79 Å². The Morgan fingerprint density at radius 1 is 0.774 bits per heavy atom. The average Bonchev–Trinajstić information content (AvgIpc) is 2.75. The summed E-state index contributed by atoms with van der Waals surface area (Å²) in [6, 6.07) is 5.56. The van der Waals surface area contributed by atoms with E-state index in [1.54, 1.807) is 0 Å². The number of carbonyl (C=O) groups excluding carboxylic acids is 1. The molecule has 0 radical (unpaired) electrons. The summed E-state index contributed by atoms with van der Waals surface area (Å²) in [5.74, 6) is 0.700. The van der Waals surface area contributed by atoms with Gasteiger partial charge in [-0.1, -0.05) is 102 Å². The molecule has 0 aliphatic rings. The normalized spacial score (nSPS) is 10.9. The molecule has 0 aliphatic heterocycles. The van der Waals surface area contributed by atoms with Gasteiger partial charge in [-0.15, -0.1) is 0 Å². The first-order chi connectivity index (χ1) is 15.1. The molecule has 4 heteroatoms. The molecule has 0 aromatic heterocycles. The van der Waals surface area contributed by atoms with Crippen molar-refractivity contribution in [1.29, 1.82) is 0 Å². The fourth-order valence-corrected chi connectivity index (χ4v) is 3.95. The molecular formula is C27H45ClO3. The Kier molecular flexibility index (Phi) is 17.5. The van der Waals surface area contributed by atoms with Crippen molar-refractivity contribution in [2.45, 2.75) is 117 Å². The number of hydrogen-bond donors (Lipinski definition) is 0. The maximum Gasteiger partial charge on any atom is 0.305 e. The number of rotatable bonds is 20. The molecule has 1 rings (SSSR count). The molecule has 3 nitrogen and oxygen atoms in total. The standard InChI is InChI=1S/C27H45ClO3/c1-3-4-5-6-7-8-9-10-11-12-13-14-15-16-21-31-27(29)18-17-22-30-26-20-19-25(28)23-24(26)2/h19-20,23H,3-18,21-22H2,1-2H3. The third-order valence-corrected chi connectivity index (χ3v) is 5.92. The Labute approximate surface area is 196 Å². The molecule has 31 heavy (non-hydrogen) atoms. The lowest BCUT2D eigenvalue weighted by Gasteiger charge is -2.09. The maximum atomic E-state index is 11.8. The Bertz CT molecular complexity index is 574. The Hall–Kier alpha value is -1.22. The first-order valence-corrected chi connectivity index (χ1v) is 13.1. The quantitative estimate of drug-likeness (QED) is 0.146. The van der Waals surface area contributed by atoms with Crippen LogP contribution in [0.15, 0.2) is 18.2 Å². The van der Waals surface area contributed by atoms with Crippen LogP contribution in [0.2, 0.25) is 5.02 Å². The van der Waals surface area contributed by atoms with E-state index < -0.39 is 0 Å². The van der Waals surface area contributed by atoms with Crippen LogP contribution >= 0.6 is 11.6 Å². The minimum atomic E-state index is -0.119. The Morgan fingerprint density at radius 3 is 1.87 bits per heavy atom. The highest BCUT2D eigenvalue weighted by atomic mass is 35.5. The molecule has 178 valence electrons. The molecule has 0 N–H and O–H groups in total. The van der Waals surface area contributed by atoms with Crippen molar-refractivity contribution in [3.05, 3.63) is 28.8 Å². The summed E-state index contributed by atoms with van der Waals surface area (Å²) < 4.78 is 11.0. The van der Waals surface area contributed by atoms with Gasteiger partial charge in [-0.25, -0.2) is 0 Å². The number of aryl methyl sites for hydroxylation is 1. The van der Waals surface area contributed by atoms with Crippen molar-refractivity contribution < 1.29 is 14.3 Å². The van der Waals surface area contributed by atoms with Crippen molar-refractivity contribution in [1.82, 2.24) is 0 Å². The van der Waals surface area contributed by atoms with Gasteiger partial charge < -0.3 is 9.47 Å². The van der Waals surface area contributed by atoms with Gasteiger partial charge in [0.25, 0.3) is 0 Å². The summed E-state index contributed by atoms with van der Waals surface area (Å²) in [6.07, 6.45) is 19.7. The number of esters is 1. The first-order valence-electron chi connectivity index (χ1n) is 12.7. The minimum absolute atomic E-state index is 0.119. The molecule has 1 aromatic rings. The molecule has 0 fully saturated rings. The van der Waals surface area contributed by atoms with E-state index >= 15 is 0 Å². The number of unbranched alkanes of at least 4 members (excludes halogenated alkanes) is 13. The zero-order valence-electron chi connectivity index (χ0n) is 20.1. The van der Waals surface area contributed by atoms with Gasteiger partial charge in [-0.2, -0.15) is 0 Å². The van der Waals surface area contributed by atoms with E-state index in [1.807, 2.05) is 25.1 Å². The Balaban J connectivity index is 1.82. The van der Waals surface area contributed by atoms with Crippen molar-refractivity contribution in [2.24, 2.45) is 0 Å². The molecular weight excluding hydrogens is 408 g/mol. The molecule has 0 aliphatic carbocycles.